The van der Waals surface area contributed by atoms with E-state index in [9.17, 15) is 4.79 Å². The molecule has 1 amide bonds. The summed E-state index contributed by atoms with van der Waals surface area (Å²) in [4.78, 5) is 12.3. The van der Waals surface area contributed by atoms with Crippen LogP contribution in [0.25, 0.3) is 11.0 Å². The van der Waals surface area contributed by atoms with Gasteiger partial charge >= 0.3 is 5.91 Å². The van der Waals surface area contributed by atoms with Crippen molar-refractivity contribution in [2.45, 2.75) is 13.5 Å². The van der Waals surface area contributed by atoms with Gasteiger partial charge in [-0.2, -0.15) is 5.10 Å². The van der Waals surface area contributed by atoms with Gasteiger partial charge in [-0.1, -0.05) is 69.0 Å². The van der Waals surface area contributed by atoms with E-state index >= 15 is 0 Å². The molecule has 0 aliphatic rings. The first-order valence-corrected chi connectivity index (χ1v) is 11.1. The van der Waals surface area contributed by atoms with Crippen LogP contribution in [0, 0.1) is 6.92 Å². The average Bonchev–Trinajstić information content (AvgIpc) is 3.16. The van der Waals surface area contributed by atoms with Gasteiger partial charge in [0.2, 0.25) is 0 Å². The van der Waals surface area contributed by atoms with Crippen molar-refractivity contribution in [3.05, 3.63) is 97.6 Å². The number of carbonyl (C=O) groups excluding carboxylic acids is 1. The molecule has 0 radical (unpaired) electrons. The molecule has 8 heteroatoms. The van der Waals surface area contributed by atoms with Gasteiger partial charge in [0.05, 0.1) is 16.3 Å². The topological polar surface area (TPSA) is 63.8 Å². The molecule has 0 aliphatic carbocycles. The van der Waals surface area contributed by atoms with Crippen molar-refractivity contribution >= 4 is 62.2 Å². The van der Waals surface area contributed by atoms with Crippen LogP contribution in [0.5, 0.6) is 5.75 Å². The predicted octanol–water partition coefficient (Wildman–Crippen LogP) is 7.15. The zero-order valence-corrected chi connectivity index (χ0v) is 20.0. The summed E-state index contributed by atoms with van der Waals surface area (Å²) < 4.78 is 12.3. The highest BCUT2D eigenvalue weighted by molar-refractivity contribution is 9.10. The van der Waals surface area contributed by atoms with Crippen LogP contribution in [-0.4, -0.2) is 12.1 Å². The molecule has 0 aliphatic heterocycles. The molecule has 0 bridgehead atoms. The van der Waals surface area contributed by atoms with Crippen molar-refractivity contribution in [2.24, 2.45) is 5.10 Å². The lowest BCUT2D eigenvalue weighted by atomic mass is 10.1. The average molecular weight is 532 g/mol. The van der Waals surface area contributed by atoms with E-state index in [-0.39, 0.29) is 5.76 Å². The van der Waals surface area contributed by atoms with Gasteiger partial charge in [0.25, 0.3) is 0 Å². The van der Waals surface area contributed by atoms with Crippen LogP contribution < -0.4 is 10.2 Å². The van der Waals surface area contributed by atoms with Crippen molar-refractivity contribution in [3.63, 3.8) is 0 Å². The summed E-state index contributed by atoms with van der Waals surface area (Å²) in [7, 11) is 0. The van der Waals surface area contributed by atoms with Gasteiger partial charge in [-0.3, -0.25) is 4.79 Å². The Morgan fingerprint density at radius 1 is 1.12 bits per heavy atom. The van der Waals surface area contributed by atoms with E-state index in [2.05, 4.69) is 26.5 Å². The largest absolute Gasteiger partial charge is 0.486 e. The van der Waals surface area contributed by atoms with E-state index in [0.29, 0.717) is 33.5 Å². The Morgan fingerprint density at radius 3 is 2.66 bits per heavy atom. The summed E-state index contributed by atoms with van der Waals surface area (Å²) in [6, 6.07) is 18.5. The third kappa shape index (κ3) is 5.33. The number of benzene rings is 3. The van der Waals surface area contributed by atoms with Crippen LogP contribution in [0.15, 0.2) is 74.7 Å². The fourth-order valence-corrected chi connectivity index (χ4v) is 4.09. The van der Waals surface area contributed by atoms with Gasteiger partial charge in [-0.25, -0.2) is 5.43 Å². The summed E-state index contributed by atoms with van der Waals surface area (Å²) >= 11 is 16.1. The number of carbonyl (C=O) groups is 1. The van der Waals surface area contributed by atoms with Crippen LogP contribution in [0.1, 0.15) is 27.2 Å². The van der Waals surface area contributed by atoms with E-state index in [0.717, 1.165) is 21.0 Å². The van der Waals surface area contributed by atoms with E-state index in [1.165, 1.54) is 6.21 Å². The smallest absolute Gasteiger partial charge is 0.307 e. The predicted molar refractivity (Wildman–Crippen MR) is 131 cm³/mol. The molecular weight excluding hydrogens is 515 g/mol. The number of rotatable bonds is 6. The number of furan rings is 1. The fourth-order valence-electron chi connectivity index (χ4n) is 3.10. The molecule has 0 unspecified atom stereocenters. The molecule has 1 aromatic heterocycles. The molecule has 4 rings (SSSR count). The zero-order chi connectivity index (χ0) is 22.7. The van der Waals surface area contributed by atoms with Crippen LogP contribution in [0.3, 0.4) is 0 Å². The molecule has 162 valence electrons. The van der Waals surface area contributed by atoms with Gasteiger partial charge in [0, 0.05) is 9.86 Å². The maximum Gasteiger partial charge on any atom is 0.307 e. The Hall–Kier alpha value is -2.80. The number of nitrogens with one attached hydrogen (secondary N) is 1. The normalized spacial score (nSPS) is 11.2. The third-order valence-electron chi connectivity index (χ3n) is 4.57. The molecule has 0 fully saturated rings. The highest BCUT2D eigenvalue weighted by atomic mass is 79.9. The minimum Gasteiger partial charge on any atom is -0.486 e. The molecule has 1 N–H and O–H groups in total. The Balaban J connectivity index is 1.41. The Bertz CT molecular complexity index is 1310. The van der Waals surface area contributed by atoms with Crippen LogP contribution in [0.2, 0.25) is 10.0 Å². The highest BCUT2D eigenvalue weighted by Gasteiger charge is 2.13. The molecule has 32 heavy (non-hydrogen) atoms. The van der Waals surface area contributed by atoms with Gasteiger partial charge in [-0.05, 0) is 54.4 Å². The molecule has 0 spiro atoms. The van der Waals surface area contributed by atoms with Crippen molar-refractivity contribution in [1.82, 2.24) is 5.43 Å². The van der Waals surface area contributed by atoms with Crippen LogP contribution in [-0.2, 0) is 6.61 Å². The second-order valence-corrected chi connectivity index (χ2v) is 8.81. The summed E-state index contributed by atoms with van der Waals surface area (Å²) in [5, 5.41) is 5.48. The van der Waals surface area contributed by atoms with Gasteiger partial charge < -0.3 is 9.15 Å². The van der Waals surface area contributed by atoms with Crippen LogP contribution in [0.4, 0.5) is 0 Å². The standard InChI is InChI=1S/C24H17BrCl2N2O3/c1-14-3-2-4-15(7-14)13-31-23-19(26)8-16(9-20(23)27)12-28-29-24(30)22-11-17-10-18(25)5-6-21(17)32-22/h2-12H,13H2,1H3,(H,29,30)/b28-12+. The lowest BCUT2D eigenvalue weighted by Crippen LogP contribution is -2.16. The molecular formula is C24H17BrCl2N2O3. The summed E-state index contributed by atoms with van der Waals surface area (Å²) in [6.45, 7) is 2.36. The molecule has 5 nitrogen and oxygen atoms in total. The molecule has 1 heterocycles. The first kappa shape index (κ1) is 22.4. The van der Waals surface area contributed by atoms with Crippen molar-refractivity contribution in [2.75, 3.05) is 0 Å². The fraction of sp³-hybridized carbons (Fsp3) is 0.0833. The highest BCUT2D eigenvalue weighted by Crippen LogP contribution is 2.34. The van der Waals surface area contributed by atoms with Gasteiger partial charge in [0.1, 0.15) is 12.2 Å². The molecule has 0 saturated carbocycles. The lowest BCUT2D eigenvalue weighted by molar-refractivity contribution is 0.0929. The number of ether oxygens (including phenoxy) is 1. The van der Waals surface area contributed by atoms with Gasteiger partial charge in [-0.15, -0.1) is 0 Å². The molecule has 0 atom stereocenters. The van der Waals surface area contributed by atoms with Crippen molar-refractivity contribution in [1.29, 1.82) is 0 Å². The maximum atomic E-state index is 12.3. The number of aryl methyl sites for hydroxylation is 1. The Kier molecular flexibility index (Phi) is 6.84. The second-order valence-electron chi connectivity index (χ2n) is 7.08. The van der Waals surface area contributed by atoms with Gasteiger partial charge in [0.15, 0.2) is 11.5 Å². The quantitative estimate of drug-likeness (QED) is 0.212. The number of nitrogens with zero attached hydrogens (tertiary/aromatic N) is 1. The number of halogens is 3. The van der Waals surface area contributed by atoms with E-state index in [1.54, 1.807) is 24.3 Å². The maximum absolute atomic E-state index is 12.3. The molecule has 3 aromatic carbocycles. The summed E-state index contributed by atoms with van der Waals surface area (Å²) in [5.41, 5.74) is 5.82. The first-order chi connectivity index (χ1) is 15.4. The number of hydrazone groups is 1. The Morgan fingerprint density at radius 2 is 1.91 bits per heavy atom. The number of hydrogen-bond acceptors (Lipinski definition) is 4. The number of amides is 1. The summed E-state index contributed by atoms with van der Waals surface area (Å²) in [5.74, 6) is 0.0829. The lowest BCUT2D eigenvalue weighted by Gasteiger charge is -2.11. The number of fused-ring (bicyclic) bond motifs is 1. The SMILES string of the molecule is Cc1cccc(COc2c(Cl)cc(/C=N/NC(=O)c3cc4cc(Br)ccc4o3)cc2Cl)c1. The zero-order valence-electron chi connectivity index (χ0n) is 16.9. The minimum absolute atomic E-state index is 0.159. The van der Waals surface area contributed by atoms with E-state index < -0.39 is 5.91 Å². The monoisotopic (exact) mass is 530 g/mol. The van der Waals surface area contributed by atoms with Crippen molar-refractivity contribution < 1.29 is 13.9 Å². The van der Waals surface area contributed by atoms with Crippen LogP contribution >= 0.6 is 39.1 Å². The third-order valence-corrected chi connectivity index (χ3v) is 5.62. The summed E-state index contributed by atoms with van der Waals surface area (Å²) in [6.07, 6.45) is 1.44. The Labute approximate surface area is 203 Å². The molecule has 0 saturated heterocycles. The van der Waals surface area contributed by atoms with E-state index in [1.807, 2.05) is 43.3 Å². The molecule has 4 aromatic rings. The minimum atomic E-state index is -0.469. The van der Waals surface area contributed by atoms with E-state index in [4.69, 9.17) is 32.4 Å². The van der Waals surface area contributed by atoms with Crippen molar-refractivity contribution in [3.8, 4) is 5.75 Å². The second kappa shape index (κ2) is 9.77. The first-order valence-electron chi connectivity index (χ1n) is 9.59. The number of hydrogen-bond donors (Lipinski definition) is 1.